The van der Waals surface area contributed by atoms with Gasteiger partial charge in [-0.15, -0.1) is 0 Å². The smallest absolute Gasteiger partial charge is 0.251 e. The quantitative estimate of drug-likeness (QED) is 0.605. The molecule has 3 nitrogen and oxygen atoms in total. The zero-order chi connectivity index (χ0) is 9.42. The second-order valence-corrected chi connectivity index (χ2v) is 4.08. The molecule has 0 aromatic carbocycles. The van der Waals surface area contributed by atoms with E-state index in [0.717, 1.165) is 18.6 Å². The van der Waals surface area contributed by atoms with Crippen molar-refractivity contribution in [2.45, 2.75) is 45.6 Å². The maximum Gasteiger partial charge on any atom is 0.251 e. The Bertz CT molecular complexity index is 254. The molecule has 0 aromatic rings. The molecule has 1 saturated carbocycles. The molecule has 1 heterocycles. The normalized spacial score (nSPS) is 30.0. The van der Waals surface area contributed by atoms with E-state index in [0.29, 0.717) is 6.04 Å². The predicted molar refractivity (Wildman–Crippen MR) is 51.4 cm³/mol. The van der Waals surface area contributed by atoms with E-state index in [1.807, 2.05) is 13.8 Å². The van der Waals surface area contributed by atoms with Crippen LogP contribution in [0.4, 0.5) is 0 Å². The number of carbonyl (C=O) groups is 1. The SMILES string of the molecule is CC1=NN(C2CCCC2)C(=O)C1C. The minimum absolute atomic E-state index is 0.0144. The van der Waals surface area contributed by atoms with Crippen molar-refractivity contribution in [3.8, 4) is 0 Å². The maximum absolute atomic E-state index is 11.7. The number of nitrogens with zero attached hydrogens (tertiary/aromatic N) is 2. The van der Waals surface area contributed by atoms with E-state index in [9.17, 15) is 4.79 Å². The first-order valence-corrected chi connectivity index (χ1v) is 5.08. The van der Waals surface area contributed by atoms with Gasteiger partial charge in [-0.2, -0.15) is 5.10 Å². The molecule has 0 bridgehead atoms. The molecule has 72 valence electrons. The molecule has 0 radical (unpaired) electrons. The third kappa shape index (κ3) is 1.36. The Morgan fingerprint density at radius 2 is 2.00 bits per heavy atom. The summed E-state index contributed by atoms with van der Waals surface area (Å²) in [5, 5.41) is 6.06. The summed E-state index contributed by atoms with van der Waals surface area (Å²) in [4.78, 5) is 11.7. The average molecular weight is 180 g/mol. The molecule has 1 amide bonds. The van der Waals surface area contributed by atoms with Crippen molar-refractivity contribution in [2.75, 3.05) is 0 Å². The van der Waals surface area contributed by atoms with Crippen LogP contribution in [0.5, 0.6) is 0 Å². The van der Waals surface area contributed by atoms with Gasteiger partial charge in [-0.3, -0.25) is 4.79 Å². The topological polar surface area (TPSA) is 32.7 Å². The second kappa shape index (κ2) is 3.13. The lowest BCUT2D eigenvalue weighted by Crippen LogP contribution is -2.33. The van der Waals surface area contributed by atoms with Crippen molar-refractivity contribution < 1.29 is 4.79 Å². The Morgan fingerprint density at radius 1 is 1.38 bits per heavy atom. The highest BCUT2D eigenvalue weighted by Crippen LogP contribution is 2.28. The van der Waals surface area contributed by atoms with Crippen molar-refractivity contribution in [3.05, 3.63) is 0 Å². The van der Waals surface area contributed by atoms with Gasteiger partial charge < -0.3 is 0 Å². The third-order valence-corrected chi connectivity index (χ3v) is 3.16. The van der Waals surface area contributed by atoms with Gasteiger partial charge in [0.15, 0.2) is 0 Å². The summed E-state index contributed by atoms with van der Waals surface area (Å²) in [5.41, 5.74) is 0.969. The molecule has 2 rings (SSSR count). The van der Waals surface area contributed by atoms with Gasteiger partial charge >= 0.3 is 0 Å². The molecule has 0 spiro atoms. The lowest BCUT2D eigenvalue weighted by molar-refractivity contribution is -0.133. The van der Waals surface area contributed by atoms with Crippen LogP contribution < -0.4 is 0 Å². The fourth-order valence-electron chi connectivity index (χ4n) is 2.09. The Morgan fingerprint density at radius 3 is 2.46 bits per heavy atom. The average Bonchev–Trinajstić information content (AvgIpc) is 2.70. The molecule has 1 unspecified atom stereocenters. The first kappa shape index (κ1) is 8.73. The van der Waals surface area contributed by atoms with Gasteiger partial charge in [-0.25, -0.2) is 5.01 Å². The lowest BCUT2D eigenvalue weighted by atomic mass is 10.1. The third-order valence-electron chi connectivity index (χ3n) is 3.16. The number of carbonyl (C=O) groups excluding carboxylic acids is 1. The van der Waals surface area contributed by atoms with E-state index >= 15 is 0 Å². The van der Waals surface area contributed by atoms with E-state index < -0.39 is 0 Å². The Hall–Kier alpha value is -0.860. The van der Waals surface area contributed by atoms with Gasteiger partial charge in [0.05, 0.1) is 12.0 Å². The summed E-state index contributed by atoms with van der Waals surface area (Å²) in [5.74, 6) is 0.213. The lowest BCUT2D eigenvalue weighted by Gasteiger charge is -2.19. The minimum atomic E-state index is 0.0144. The summed E-state index contributed by atoms with van der Waals surface area (Å²) >= 11 is 0. The molecule has 1 aliphatic carbocycles. The maximum atomic E-state index is 11.7. The number of hydrogen-bond donors (Lipinski definition) is 0. The van der Waals surface area contributed by atoms with Gasteiger partial charge in [0, 0.05) is 5.71 Å². The highest BCUT2D eigenvalue weighted by atomic mass is 16.2. The number of hydrogen-bond acceptors (Lipinski definition) is 2. The van der Waals surface area contributed by atoms with Crippen molar-refractivity contribution in [1.82, 2.24) is 5.01 Å². The zero-order valence-electron chi connectivity index (χ0n) is 8.29. The first-order valence-electron chi connectivity index (χ1n) is 5.08. The monoisotopic (exact) mass is 180 g/mol. The first-order chi connectivity index (χ1) is 6.20. The summed E-state index contributed by atoms with van der Waals surface area (Å²) < 4.78 is 0. The Labute approximate surface area is 78.8 Å². The number of amides is 1. The van der Waals surface area contributed by atoms with Gasteiger partial charge in [0.2, 0.25) is 0 Å². The van der Waals surface area contributed by atoms with Crippen LogP contribution in [0.25, 0.3) is 0 Å². The molecule has 13 heavy (non-hydrogen) atoms. The van der Waals surface area contributed by atoms with Crippen LogP contribution in [0.1, 0.15) is 39.5 Å². The summed E-state index contributed by atoms with van der Waals surface area (Å²) in [7, 11) is 0. The van der Waals surface area contributed by atoms with Crippen molar-refractivity contribution in [1.29, 1.82) is 0 Å². The fourth-order valence-corrected chi connectivity index (χ4v) is 2.09. The van der Waals surface area contributed by atoms with Crippen LogP contribution in [0.3, 0.4) is 0 Å². The predicted octanol–water partition coefficient (Wildman–Crippen LogP) is 1.78. The molecule has 2 aliphatic rings. The number of hydrazone groups is 1. The van der Waals surface area contributed by atoms with E-state index in [2.05, 4.69) is 5.10 Å². The fraction of sp³-hybridized carbons (Fsp3) is 0.800. The van der Waals surface area contributed by atoms with Crippen LogP contribution in [0.15, 0.2) is 5.10 Å². The summed E-state index contributed by atoms with van der Waals surface area (Å²) in [6.45, 7) is 3.88. The zero-order valence-corrected chi connectivity index (χ0v) is 8.29. The largest absolute Gasteiger partial charge is 0.272 e. The highest BCUT2D eigenvalue weighted by Gasteiger charge is 2.35. The van der Waals surface area contributed by atoms with Crippen molar-refractivity contribution in [3.63, 3.8) is 0 Å². The Kier molecular flexibility index (Phi) is 2.10. The van der Waals surface area contributed by atoms with Gasteiger partial charge in [-0.05, 0) is 26.7 Å². The molecular formula is C10H16N2O. The van der Waals surface area contributed by atoms with E-state index in [-0.39, 0.29) is 11.8 Å². The van der Waals surface area contributed by atoms with Crippen LogP contribution in [0.2, 0.25) is 0 Å². The number of rotatable bonds is 1. The van der Waals surface area contributed by atoms with E-state index in [1.165, 1.54) is 12.8 Å². The van der Waals surface area contributed by atoms with Crippen LogP contribution in [0, 0.1) is 5.92 Å². The van der Waals surface area contributed by atoms with Crippen LogP contribution in [-0.4, -0.2) is 22.7 Å². The molecule has 1 aliphatic heterocycles. The van der Waals surface area contributed by atoms with Gasteiger partial charge in [-0.1, -0.05) is 12.8 Å². The van der Waals surface area contributed by atoms with Crippen molar-refractivity contribution >= 4 is 11.6 Å². The van der Waals surface area contributed by atoms with Gasteiger partial charge in [0.1, 0.15) is 0 Å². The van der Waals surface area contributed by atoms with E-state index in [4.69, 9.17) is 0 Å². The Balaban J connectivity index is 2.12. The standard InChI is InChI=1S/C10H16N2O/c1-7-8(2)11-12(10(7)13)9-5-3-4-6-9/h7,9H,3-6H2,1-2H3. The molecular weight excluding hydrogens is 164 g/mol. The molecule has 0 aromatic heterocycles. The van der Waals surface area contributed by atoms with Crippen molar-refractivity contribution in [2.24, 2.45) is 11.0 Å². The van der Waals surface area contributed by atoms with E-state index in [1.54, 1.807) is 5.01 Å². The molecule has 0 saturated heterocycles. The second-order valence-electron chi connectivity index (χ2n) is 4.08. The molecule has 3 heteroatoms. The summed E-state index contributed by atoms with van der Waals surface area (Å²) in [6.07, 6.45) is 4.76. The summed E-state index contributed by atoms with van der Waals surface area (Å²) in [6, 6.07) is 0.396. The molecule has 1 atom stereocenters. The van der Waals surface area contributed by atoms with Gasteiger partial charge in [0.25, 0.3) is 5.91 Å². The van der Waals surface area contributed by atoms with Crippen LogP contribution >= 0.6 is 0 Å². The molecule has 0 N–H and O–H groups in total. The van der Waals surface area contributed by atoms with Crippen LogP contribution in [-0.2, 0) is 4.79 Å². The molecule has 1 fully saturated rings. The highest BCUT2D eigenvalue weighted by molar-refractivity contribution is 6.06. The minimum Gasteiger partial charge on any atom is -0.272 e.